The van der Waals surface area contributed by atoms with Crippen LogP contribution in [0.3, 0.4) is 0 Å². The summed E-state index contributed by atoms with van der Waals surface area (Å²) in [7, 11) is 4.79. The van der Waals surface area contributed by atoms with Crippen molar-refractivity contribution in [1.29, 1.82) is 0 Å². The molecule has 0 N–H and O–H groups in total. The molecule has 2 heteroatoms. The van der Waals surface area contributed by atoms with E-state index in [1.54, 1.807) is 38.5 Å². The maximum Gasteiger partial charge on any atom is 0.00922 e. The third kappa shape index (κ3) is 45.3. The molecule has 2 rings (SSSR count). The molecule has 6 atom stereocenters. The topological polar surface area (TPSA) is 6.48 Å². The van der Waals surface area contributed by atoms with Gasteiger partial charge >= 0.3 is 0 Å². The Morgan fingerprint density at radius 3 is 0.757 bits per heavy atom. The van der Waals surface area contributed by atoms with Crippen LogP contribution in [0.15, 0.2) is 0 Å². The minimum absolute atomic E-state index is 0.827. The molecule has 0 saturated heterocycles. The Kier molecular flexibility index (Phi) is 53.7. The summed E-state index contributed by atoms with van der Waals surface area (Å²) in [4.78, 5) is 5.39. The average Bonchev–Trinajstić information content (AvgIpc) is 4.30. The van der Waals surface area contributed by atoms with E-state index in [0.29, 0.717) is 0 Å². The van der Waals surface area contributed by atoms with Crippen molar-refractivity contribution < 1.29 is 0 Å². The number of nitrogens with zero attached hydrogens (tertiary/aromatic N) is 2. The van der Waals surface area contributed by atoms with Gasteiger partial charge in [0.05, 0.1) is 0 Å². The molecule has 2 saturated carbocycles. The van der Waals surface area contributed by atoms with Crippen LogP contribution in [-0.2, 0) is 0 Å². The Labute approximate surface area is 447 Å². The summed E-state index contributed by atoms with van der Waals surface area (Å²) < 4.78 is 0. The van der Waals surface area contributed by atoms with Crippen molar-refractivity contribution in [2.45, 2.75) is 383 Å². The lowest BCUT2D eigenvalue weighted by atomic mass is 9.98. The van der Waals surface area contributed by atoms with E-state index in [1.807, 2.05) is 13.8 Å². The van der Waals surface area contributed by atoms with Crippen molar-refractivity contribution in [3.8, 4) is 0 Å². The number of rotatable bonds is 53. The van der Waals surface area contributed by atoms with Gasteiger partial charge in [-0.25, -0.2) is 0 Å². The fourth-order valence-electron chi connectivity index (χ4n) is 12.1. The van der Waals surface area contributed by atoms with Crippen LogP contribution in [0.5, 0.6) is 0 Å². The Balaban J connectivity index is 0.00000132. The highest BCUT2D eigenvalue weighted by atomic mass is 15.1. The Morgan fingerprint density at radius 2 is 0.514 bits per heavy atom. The lowest BCUT2D eigenvalue weighted by Gasteiger charge is -2.29. The average molecular weight is 986 g/mol. The van der Waals surface area contributed by atoms with Gasteiger partial charge < -0.3 is 9.80 Å². The van der Waals surface area contributed by atoms with E-state index in [9.17, 15) is 0 Å². The van der Waals surface area contributed by atoms with Crippen molar-refractivity contribution in [2.24, 2.45) is 29.6 Å². The van der Waals surface area contributed by atoms with Crippen molar-refractivity contribution in [3.05, 3.63) is 0 Å². The second-order valence-corrected chi connectivity index (χ2v) is 24.6. The van der Waals surface area contributed by atoms with Crippen LogP contribution in [-0.4, -0.2) is 49.1 Å². The number of unbranched alkanes of at least 4 members (excludes halogenated alkanes) is 30. The fourth-order valence-corrected chi connectivity index (χ4v) is 12.1. The van der Waals surface area contributed by atoms with Crippen LogP contribution in [0, 0.1) is 29.6 Å². The molecule has 0 radical (unpaired) electrons. The summed E-state index contributed by atoms with van der Waals surface area (Å²) >= 11 is 0. The highest BCUT2D eigenvalue weighted by Gasteiger charge is 2.35. The zero-order valence-corrected chi connectivity index (χ0v) is 51.3. The van der Waals surface area contributed by atoms with E-state index in [0.717, 1.165) is 41.7 Å². The highest BCUT2D eigenvalue weighted by molar-refractivity contribution is 4.86. The van der Waals surface area contributed by atoms with Crippen LogP contribution in [0.25, 0.3) is 0 Å². The van der Waals surface area contributed by atoms with E-state index >= 15 is 0 Å². The van der Waals surface area contributed by atoms with Gasteiger partial charge in [0.1, 0.15) is 0 Å². The van der Waals surface area contributed by atoms with Crippen molar-refractivity contribution in [3.63, 3.8) is 0 Å². The number of hydrogen-bond acceptors (Lipinski definition) is 2. The molecule has 2 nitrogen and oxygen atoms in total. The molecule has 0 aromatic carbocycles. The monoisotopic (exact) mass is 985 g/mol. The molecular formula is C68H140N2. The van der Waals surface area contributed by atoms with E-state index in [4.69, 9.17) is 0 Å². The first-order valence-electron chi connectivity index (χ1n) is 33.7. The molecule has 0 bridgehead atoms. The molecule has 0 aromatic rings. The minimum Gasteiger partial charge on any atom is -0.303 e. The summed E-state index contributed by atoms with van der Waals surface area (Å²) in [5.41, 5.74) is 0. The van der Waals surface area contributed by atoms with Crippen LogP contribution < -0.4 is 0 Å². The van der Waals surface area contributed by atoms with Crippen molar-refractivity contribution >= 4 is 0 Å². The summed E-state index contributed by atoms with van der Waals surface area (Å²) in [5.74, 6) is 5.31. The molecule has 422 valence electrons. The van der Waals surface area contributed by atoms with Crippen LogP contribution in [0.1, 0.15) is 371 Å². The zero-order chi connectivity index (χ0) is 51.6. The Morgan fingerprint density at radius 1 is 0.286 bits per heavy atom. The predicted molar refractivity (Wildman–Crippen MR) is 323 cm³/mol. The third-order valence-corrected chi connectivity index (χ3v) is 17.4. The second kappa shape index (κ2) is 53.7. The maximum atomic E-state index is 2.72. The molecule has 2 fully saturated rings. The molecule has 0 aromatic heterocycles. The molecule has 0 amide bonds. The van der Waals surface area contributed by atoms with Gasteiger partial charge in [-0.3, -0.25) is 0 Å². The first kappa shape index (κ1) is 69.9. The van der Waals surface area contributed by atoms with Gasteiger partial charge in [0, 0.05) is 12.1 Å². The van der Waals surface area contributed by atoms with Crippen molar-refractivity contribution in [1.82, 2.24) is 9.80 Å². The van der Waals surface area contributed by atoms with Crippen LogP contribution in [0.4, 0.5) is 0 Å². The summed E-state index contributed by atoms with van der Waals surface area (Å²) in [6.07, 6.45) is 70.3. The quantitative estimate of drug-likeness (QED) is 0.0561. The van der Waals surface area contributed by atoms with Gasteiger partial charge in [0.25, 0.3) is 0 Å². The molecule has 0 aliphatic heterocycles. The Hall–Kier alpha value is -0.0800. The zero-order valence-electron chi connectivity index (χ0n) is 51.3. The molecule has 6 unspecified atom stereocenters. The minimum atomic E-state index is 0.827. The molecule has 0 spiro atoms. The normalized spacial score (nSPS) is 18.3. The van der Waals surface area contributed by atoms with Gasteiger partial charge in [0.2, 0.25) is 0 Å². The smallest absolute Gasteiger partial charge is 0.00922 e. The molecular weight excluding hydrogens is 845 g/mol. The SMILES string of the molecule is CC.CCCCCCCCCC(CCCCCCCC1CC1CCCCCCCC)N(C)CCC.CCCCCCCCCC(CCCCCCCC1CC1CCCCCCCC)N(C)CCC(C)C. The van der Waals surface area contributed by atoms with Gasteiger partial charge in [0.15, 0.2) is 0 Å². The van der Waals surface area contributed by atoms with E-state index < -0.39 is 0 Å². The van der Waals surface area contributed by atoms with Crippen LogP contribution >= 0.6 is 0 Å². The summed E-state index contributed by atoms with van der Waals surface area (Å²) in [6, 6.07) is 1.67. The fraction of sp³-hybridized carbons (Fsp3) is 1.00. The lowest BCUT2D eigenvalue weighted by Crippen LogP contribution is -2.33. The molecule has 0 heterocycles. The third-order valence-electron chi connectivity index (χ3n) is 17.4. The van der Waals surface area contributed by atoms with E-state index in [2.05, 4.69) is 72.4 Å². The first-order chi connectivity index (χ1) is 34.3. The van der Waals surface area contributed by atoms with Crippen molar-refractivity contribution in [2.75, 3.05) is 27.2 Å². The van der Waals surface area contributed by atoms with E-state index in [1.165, 1.54) is 283 Å². The molecule has 70 heavy (non-hydrogen) atoms. The van der Waals surface area contributed by atoms with Gasteiger partial charge in [-0.15, -0.1) is 0 Å². The van der Waals surface area contributed by atoms with Gasteiger partial charge in [-0.1, -0.05) is 319 Å². The lowest BCUT2D eigenvalue weighted by molar-refractivity contribution is 0.199. The van der Waals surface area contributed by atoms with Crippen LogP contribution in [0.2, 0.25) is 0 Å². The maximum absolute atomic E-state index is 2.72. The second-order valence-electron chi connectivity index (χ2n) is 24.6. The van der Waals surface area contributed by atoms with Gasteiger partial charge in [-0.2, -0.15) is 0 Å². The predicted octanol–water partition coefficient (Wildman–Crippen LogP) is 23.6. The summed E-state index contributed by atoms with van der Waals surface area (Å²) in [6.45, 7) is 22.9. The highest BCUT2D eigenvalue weighted by Crippen LogP contribution is 2.46. The molecule has 2 aliphatic rings. The molecule has 2 aliphatic carbocycles. The first-order valence-corrected chi connectivity index (χ1v) is 33.7. The standard InChI is InChI=1S/C34H69N.C32H65N.C2H6/c1-6-8-10-12-14-18-22-26-34(35(5)29-28-31(3)4)27-23-19-15-17-21-25-33-30-32(33)24-20-16-13-11-9-7-2;1-5-8-10-12-14-18-22-26-32(33(4)28-7-3)27-23-19-15-17-21-25-31-29-30(31)24-20-16-13-11-9-6-2;1-2/h31-34H,6-30H2,1-5H3;30-32H,5-29H2,1-4H3;1-2H3. The summed E-state index contributed by atoms with van der Waals surface area (Å²) in [5, 5.41) is 0. The van der Waals surface area contributed by atoms with E-state index in [-0.39, 0.29) is 0 Å². The van der Waals surface area contributed by atoms with Gasteiger partial charge in [-0.05, 0) is 108 Å². The largest absolute Gasteiger partial charge is 0.303 e. The Bertz CT molecular complexity index is 976. The number of hydrogen-bond donors (Lipinski definition) is 0.